The third-order valence-electron chi connectivity index (χ3n) is 5.32. The third-order valence-corrected chi connectivity index (χ3v) is 5.32. The number of rotatable bonds is 8. The van der Waals surface area contributed by atoms with E-state index in [1.165, 1.54) is 11.1 Å². The van der Waals surface area contributed by atoms with Gasteiger partial charge in [0.1, 0.15) is 11.5 Å². The standard InChI is InChI=1S/C27H24N4O5/c1-35-24-15-9-8-10-19(24)16-17-28-26(33)22(29-25(32)20-11-4-2-5-12-20)18-23-27(34)36-30-31(23)21-13-6-3-7-14-21/h2-15,18,30H,16-17H2,1H3,(H,28,33)/b23-18+,29-22?. The van der Waals surface area contributed by atoms with Gasteiger partial charge in [-0.2, -0.15) is 0 Å². The van der Waals surface area contributed by atoms with Gasteiger partial charge in [0.25, 0.3) is 11.8 Å². The average molecular weight is 485 g/mol. The molecular weight excluding hydrogens is 460 g/mol. The van der Waals surface area contributed by atoms with Crippen LogP contribution in [0.3, 0.4) is 0 Å². The number of anilines is 1. The number of hydrazine groups is 1. The highest BCUT2D eigenvalue weighted by atomic mass is 16.7. The summed E-state index contributed by atoms with van der Waals surface area (Å²) in [5.41, 5.74) is 4.09. The van der Waals surface area contributed by atoms with Gasteiger partial charge >= 0.3 is 5.97 Å². The Morgan fingerprint density at radius 2 is 1.67 bits per heavy atom. The van der Waals surface area contributed by atoms with Crippen molar-refractivity contribution >= 4 is 29.2 Å². The molecule has 1 saturated heterocycles. The third kappa shape index (κ3) is 5.83. The zero-order valence-corrected chi connectivity index (χ0v) is 19.5. The van der Waals surface area contributed by atoms with E-state index >= 15 is 0 Å². The first-order chi connectivity index (χ1) is 17.6. The summed E-state index contributed by atoms with van der Waals surface area (Å²) in [5, 5.41) is 4.14. The average Bonchev–Trinajstić information content (AvgIpc) is 3.29. The quantitative estimate of drug-likeness (QED) is 0.374. The van der Waals surface area contributed by atoms with E-state index in [0.717, 1.165) is 5.56 Å². The topological polar surface area (TPSA) is 109 Å². The number of para-hydroxylation sites is 2. The van der Waals surface area contributed by atoms with E-state index in [1.807, 2.05) is 30.3 Å². The zero-order valence-electron chi connectivity index (χ0n) is 19.5. The summed E-state index contributed by atoms with van der Waals surface area (Å²) < 4.78 is 5.35. The number of methoxy groups -OCH3 is 1. The van der Waals surface area contributed by atoms with E-state index in [0.29, 0.717) is 23.4 Å². The van der Waals surface area contributed by atoms with E-state index in [2.05, 4.69) is 15.9 Å². The van der Waals surface area contributed by atoms with Crippen molar-refractivity contribution in [2.24, 2.45) is 4.99 Å². The molecule has 1 aliphatic rings. The molecule has 1 fully saturated rings. The molecule has 3 aromatic carbocycles. The van der Waals surface area contributed by atoms with Crippen LogP contribution in [-0.2, 0) is 20.8 Å². The molecule has 0 saturated carbocycles. The molecule has 0 aliphatic carbocycles. The predicted molar refractivity (Wildman–Crippen MR) is 134 cm³/mol. The minimum atomic E-state index is -0.722. The van der Waals surface area contributed by atoms with E-state index < -0.39 is 17.8 Å². The second-order valence-corrected chi connectivity index (χ2v) is 7.67. The van der Waals surface area contributed by atoms with Crippen molar-refractivity contribution in [2.45, 2.75) is 6.42 Å². The first kappa shape index (κ1) is 24.4. The number of aliphatic imine (C=N–C) groups is 1. The highest BCUT2D eigenvalue weighted by Gasteiger charge is 2.30. The van der Waals surface area contributed by atoms with Crippen LogP contribution in [0.5, 0.6) is 5.75 Å². The van der Waals surface area contributed by atoms with Gasteiger partial charge in [-0.3, -0.25) is 9.59 Å². The van der Waals surface area contributed by atoms with Crippen molar-refractivity contribution in [3.63, 3.8) is 0 Å². The van der Waals surface area contributed by atoms with Crippen LogP contribution in [0.4, 0.5) is 5.69 Å². The minimum Gasteiger partial charge on any atom is -0.496 e. The Kier molecular flexibility index (Phi) is 7.84. The summed E-state index contributed by atoms with van der Waals surface area (Å²) in [7, 11) is 1.58. The highest BCUT2D eigenvalue weighted by Crippen LogP contribution is 2.22. The molecular formula is C27H24N4O5. The van der Waals surface area contributed by atoms with Gasteiger partial charge in [0.15, 0.2) is 5.70 Å². The largest absolute Gasteiger partial charge is 0.496 e. The molecule has 2 amide bonds. The molecule has 0 spiro atoms. The first-order valence-electron chi connectivity index (χ1n) is 11.2. The van der Waals surface area contributed by atoms with Crippen LogP contribution in [0.15, 0.2) is 102 Å². The second-order valence-electron chi connectivity index (χ2n) is 7.67. The number of nitrogens with one attached hydrogen (secondary N) is 2. The second kappa shape index (κ2) is 11.6. The number of benzene rings is 3. The Balaban J connectivity index is 1.60. The summed E-state index contributed by atoms with van der Waals surface area (Å²) in [6.45, 7) is 0.256. The van der Waals surface area contributed by atoms with Crippen LogP contribution >= 0.6 is 0 Å². The Labute approximate surface area is 208 Å². The van der Waals surface area contributed by atoms with E-state index in [-0.39, 0.29) is 18.0 Å². The number of carbonyl (C=O) groups excluding carboxylic acids is 3. The lowest BCUT2D eigenvalue weighted by atomic mass is 10.1. The Hall–Kier alpha value is -4.76. The number of carbonyl (C=O) groups is 3. The molecule has 2 N–H and O–H groups in total. The number of hydrogen-bond donors (Lipinski definition) is 2. The van der Waals surface area contributed by atoms with Crippen molar-refractivity contribution in [1.82, 2.24) is 10.9 Å². The summed E-state index contributed by atoms with van der Waals surface area (Å²) in [6.07, 6.45) is 1.72. The van der Waals surface area contributed by atoms with Crippen LogP contribution < -0.4 is 20.7 Å². The maximum absolute atomic E-state index is 13.1. The Morgan fingerprint density at radius 3 is 2.39 bits per heavy atom. The van der Waals surface area contributed by atoms with Crippen LogP contribution in [0, 0.1) is 0 Å². The molecule has 0 bridgehead atoms. The fourth-order valence-corrected chi connectivity index (χ4v) is 3.52. The maximum Gasteiger partial charge on any atom is 0.376 e. The summed E-state index contributed by atoms with van der Waals surface area (Å²) >= 11 is 0. The fourth-order valence-electron chi connectivity index (χ4n) is 3.52. The molecule has 9 heteroatoms. The first-order valence-corrected chi connectivity index (χ1v) is 11.2. The molecule has 1 aliphatic heterocycles. The number of hydrogen-bond acceptors (Lipinski definition) is 7. The van der Waals surface area contributed by atoms with Crippen LogP contribution in [0.1, 0.15) is 15.9 Å². The SMILES string of the molecule is COc1ccccc1CCNC(=O)C(/C=C1\C(=O)ONN1c1ccccc1)=NC(=O)c1ccccc1. The lowest BCUT2D eigenvalue weighted by molar-refractivity contribution is -0.140. The smallest absolute Gasteiger partial charge is 0.376 e. The number of nitrogens with zero attached hydrogens (tertiary/aromatic N) is 2. The van der Waals surface area contributed by atoms with E-state index in [4.69, 9.17) is 9.57 Å². The minimum absolute atomic E-state index is 0.000639. The Bertz CT molecular complexity index is 1310. The summed E-state index contributed by atoms with van der Waals surface area (Å²) in [5.74, 6) is -1.25. The lowest BCUT2D eigenvalue weighted by Crippen LogP contribution is -2.34. The highest BCUT2D eigenvalue weighted by molar-refractivity contribution is 6.45. The fraction of sp³-hybridized carbons (Fsp3) is 0.111. The molecule has 0 atom stereocenters. The Morgan fingerprint density at radius 1 is 1.00 bits per heavy atom. The maximum atomic E-state index is 13.1. The van der Waals surface area contributed by atoms with Gasteiger partial charge in [-0.05, 0) is 42.3 Å². The molecule has 3 aromatic rings. The predicted octanol–water partition coefficient (Wildman–Crippen LogP) is 3.00. The number of amides is 2. The van der Waals surface area contributed by atoms with Gasteiger partial charge in [0, 0.05) is 18.2 Å². The molecule has 182 valence electrons. The molecule has 0 radical (unpaired) electrons. The van der Waals surface area contributed by atoms with Crippen molar-refractivity contribution in [3.8, 4) is 5.75 Å². The van der Waals surface area contributed by atoms with Crippen molar-refractivity contribution < 1.29 is 24.0 Å². The van der Waals surface area contributed by atoms with Gasteiger partial charge in [0.05, 0.1) is 12.8 Å². The monoisotopic (exact) mass is 484 g/mol. The molecule has 4 rings (SSSR count). The van der Waals surface area contributed by atoms with E-state index in [9.17, 15) is 14.4 Å². The number of ether oxygens (including phenoxy) is 1. The van der Waals surface area contributed by atoms with Gasteiger partial charge in [-0.25, -0.2) is 14.8 Å². The lowest BCUT2D eigenvalue weighted by Gasteiger charge is -2.15. The zero-order chi connectivity index (χ0) is 25.3. The van der Waals surface area contributed by atoms with Crippen LogP contribution in [0.25, 0.3) is 0 Å². The molecule has 9 nitrogen and oxygen atoms in total. The van der Waals surface area contributed by atoms with Gasteiger partial charge < -0.3 is 14.9 Å². The summed E-state index contributed by atoms with van der Waals surface area (Å²) in [4.78, 5) is 47.4. The van der Waals surface area contributed by atoms with Gasteiger partial charge in [-0.15, -0.1) is 0 Å². The van der Waals surface area contributed by atoms with Crippen molar-refractivity contribution in [2.75, 3.05) is 18.7 Å². The van der Waals surface area contributed by atoms with Crippen LogP contribution in [-0.4, -0.2) is 37.1 Å². The van der Waals surface area contributed by atoms with Crippen molar-refractivity contribution in [1.29, 1.82) is 0 Å². The summed E-state index contributed by atoms with van der Waals surface area (Å²) in [6, 6.07) is 24.7. The van der Waals surface area contributed by atoms with Crippen LogP contribution in [0.2, 0.25) is 0 Å². The van der Waals surface area contributed by atoms with Gasteiger partial charge in [0.2, 0.25) is 0 Å². The molecule has 1 heterocycles. The normalized spacial score (nSPS) is 14.5. The molecule has 36 heavy (non-hydrogen) atoms. The van der Waals surface area contributed by atoms with Crippen molar-refractivity contribution in [3.05, 3.63) is 108 Å². The molecule has 0 aromatic heterocycles. The molecule has 0 unspecified atom stereocenters. The van der Waals surface area contributed by atoms with E-state index in [1.54, 1.807) is 61.7 Å². The van der Waals surface area contributed by atoms with Gasteiger partial charge in [-0.1, -0.05) is 60.2 Å².